The molecule has 0 unspecified atom stereocenters. The van der Waals surface area contributed by atoms with Crippen molar-refractivity contribution in [2.75, 3.05) is 14.7 Å². The van der Waals surface area contributed by atoms with Crippen molar-refractivity contribution in [1.29, 1.82) is 0 Å². The highest BCUT2D eigenvalue weighted by Crippen LogP contribution is 2.53. The first-order chi connectivity index (χ1) is 29.6. The van der Waals surface area contributed by atoms with Crippen molar-refractivity contribution in [3.63, 3.8) is 0 Å². The zero-order valence-electron chi connectivity index (χ0n) is 37.2. The fraction of sp³-hybridized carbons (Fsp3) is 0.214. The van der Waals surface area contributed by atoms with Crippen LogP contribution in [0.5, 0.6) is 0 Å². The zero-order chi connectivity index (χ0) is 42.9. The van der Waals surface area contributed by atoms with E-state index in [9.17, 15) is 0 Å². The van der Waals surface area contributed by atoms with Gasteiger partial charge in [0.2, 0.25) is 0 Å². The topological polar surface area (TPSA) is 9.72 Å². The molecular formula is C56H52BN3S2. The number of para-hydroxylation sites is 2. The molecule has 0 atom stereocenters. The standard InChI is InChI=1S/C56H52BN3S2/c1-54(2,3)35-21-26-38(27-22-35)58-40-30-32-42-47(34-40)60(44-16-11-13-20-49(44)61-48-19-12-10-15-43(48)58)46-18-14-17-45-51(46)57(42)53-52(41-31-25-37(56(7,8)9)33-50(41)62-53)59(45)39-28-23-36(24-29-39)55(4,5)6/h10-34H,1-9H3. The van der Waals surface area contributed by atoms with E-state index >= 15 is 0 Å². The molecule has 3 aliphatic rings. The van der Waals surface area contributed by atoms with E-state index in [1.165, 1.54) is 92.1 Å². The van der Waals surface area contributed by atoms with E-state index in [4.69, 9.17) is 0 Å². The molecule has 0 radical (unpaired) electrons. The van der Waals surface area contributed by atoms with E-state index in [0.717, 1.165) is 11.4 Å². The zero-order valence-corrected chi connectivity index (χ0v) is 38.8. The third-order valence-electron chi connectivity index (χ3n) is 13.1. The number of fused-ring (bicyclic) bond motifs is 10. The van der Waals surface area contributed by atoms with Crippen molar-refractivity contribution in [2.45, 2.75) is 88.3 Å². The molecule has 0 fully saturated rings. The van der Waals surface area contributed by atoms with Gasteiger partial charge in [-0.3, -0.25) is 0 Å². The summed E-state index contributed by atoms with van der Waals surface area (Å²) in [6.07, 6.45) is 0. The highest BCUT2D eigenvalue weighted by atomic mass is 32.2. The Bertz CT molecular complexity index is 3070. The lowest BCUT2D eigenvalue weighted by molar-refractivity contribution is 0.590. The third-order valence-corrected chi connectivity index (χ3v) is 15.4. The Hall–Kier alpha value is -5.69. The molecule has 11 rings (SSSR count). The van der Waals surface area contributed by atoms with Gasteiger partial charge in [0.25, 0.3) is 6.71 Å². The number of hydrogen-bond acceptors (Lipinski definition) is 5. The number of nitrogens with zero attached hydrogens (tertiary/aromatic N) is 3. The van der Waals surface area contributed by atoms with Crippen LogP contribution >= 0.6 is 23.1 Å². The third kappa shape index (κ3) is 6.16. The van der Waals surface area contributed by atoms with Crippen LogP contribution in [-0.2, 0) is 16.2 Å². The lowest BCUT2D eigenvalue weighted by atomic mass is 9.36. The second-order valence-electron chi connectivity index (χ2n) is 20.3. The van der Waals surface area contributed by atoms with Crippen LogP contribution in [0.25, 0.3) is 10.1 Å². The molecule has 6 heteroatoms. The summed E-state index contributed by atoms with van der Waals surface area (Å²) < 4.78 is 2.74. The van der Waals surface area contributed by atoms with Crippen LogP contribution in [0.3, 0.4) is 0 Å². The van der Waals surface area contributed by atoms with Gasteiger partial charge in [-0.15, -0.1) is 11.3 Å². The van der Waals surface area contributed by atoms with Gasteiger partial charge in [-0.05, 0) is 123 Å². The molecule has 4 heterocycles. The van der Waals surface area contributed by atoms with E-state index in [1.54, 1.807) is 0 Å². The lowest BCUT2D eigenvalue weighted by Gasteiger charge is -2.44. The van der Waals surface area contributed by atoms with Crippen LogP contribution in [-0.4, -0.2) is 6.71 Å². The molecule has 7 aromatic carbocycles. The van der Waals surface area contributed by atoms with E-state index < -0.39 is 0 Å². The van der Waals surface area contributed by atoms with Crippen LogP contribution in [0.1, 0.15) is 79.0 Å². The summed E-state index contributed by atoms with van der Waals surface area (Å²) in [5.74, 6) is 0. The molecule has 0 saturated heterocycles. The Morgan fingerprint density at radius 2 is 0.919 bits per heavy atom. The Morgan fingerprint density at radius 3 is 1.52 bits per heavy atom. The Labute approximate surface area is 376 Å². The maximum atomic E-state index is 2.58. The van der Waals surface area contributed by atoms with Crippen molar-refractivity contribution in [1.82, 2.24) is 0 Å². The maximum Gasteiger partial charge on any atom is 0.264 e. The van der Waals surface area contributed by atoms with E-state index in [1.807, 2.05) is 23.1 Å². The monoisotopic (exact) mass is 841 g/mol. The first-order valence-electron chi connectivity index (χ1n) is 22.0. The summed E-state index contributed by atoms with van der Waals surface area (Å²) in [5.41, 5.74) is 17.7. The van der Waals surface area contributed by atoms with Crippen LogP contribution in [0.15, 0.2) is 161 Å². The van der Waals surface area contributed by atoms with Crippen LogP contribution in [0.4, 0.5) is 51.2 Å². The molecule has 62 heavy (non-hydrogen) atoms. The van der Waals surface area contributed by atoms with Gasteiger partial charge in [0.15, 0.2) is 0 Å². The van der Waals surface area contributed by atoms with Crippen LogP contribution in [0, 0.1) is 0 Å². The highest BCUT2D eigenvalue weighted by molar-refractivity contribution is 7.99. The van der Waals surface area contributed by atoms with Crippen molar-refractivity contribution in [3.8, 4) is 0 Å². The molecular weight excluding hydrogens is 790 g/mol. The first-order valence-corrected chi connectivity index (χ1v) is 23.6. The molecule has 0 amide bonds. The van der Waals surface area contributed by atoms with Gasteiger partial charge in [0.05, 0.1) is 17.1 Å². The fourth-order valence-corrected chi connectivity index (χ4v) is 12.2. The summed E-state index contributed by atoms with van der Waals surface area (Å²) in [6, 6.07) is 58.0. The Kier molecular flexibility index (Phi) is 8.79. The highest BCUT2D eigenvalue weighted by Gasteiger charge is 2.46. The van der Waals surface area contributed by atoms with E-state index in [2.05, 4.69) is 229 Å². The molecule has 0 spiro atoms. The summed E-state index contributed by atoms with van der Waals surface area (Å²) in [4.78, 5) is 10.1. The fourth-order valence-electron chi connectivity index (χ4n) is 9.76. The minimum Gasteiger partial charge on any atom is -0.310 e. The van der Waals surface area contributed by atoms with Crippen molar-refractivity contribution < 1.29 is 0 Å². The normalized spacial score (nSPS) is 14.3. The minimum absolute atomic E-state index is 0.0412. The first kappa shape index (κ1) is 39.2. The van der Waals surface area contributed by atoms with Gasteiger partial charge in [0, 0.05) is 58.8 Å². The molecule has 3 aliphatic heterocycles. The van der Waals surface area contributed by atoms with E-state index in [-0.39, 0.29) is 23.0 Å². The van der Waals surface area contributed by atoms with Crippen molar-refractivity contribution >= 4 is 107 Å². The Balaban J connectivity index is 1.20. The van der Waals surface area contributed by atoms with Crippen molar-refractivity contribution in [2.24, 2.45) is 0 Å². The molecule has 0 N–H and O–H groups in total. The lowest BCUT2D eigenvalue weighted by Crippen LogP contribution is -2.60. The van der Waals surface area contributed by atoms with Gasteiger partial charge >= 0.3 is 0 Å². The van der Waals surface area contributed by atoms with Crippen LogP contribution < -0.4 is 30.4 Å². The molecule has 0 aliphatic carbocycles. The summed E-state index contributed by atoms with van der Waals surface area (Å²) in [6.45, 7) is 20.8. The molecule has 1 aromatic heterocycles. The average molecular weight is 842 g/mol. The summed E-state index contributed by atoms with van der Waals surface area (Å²) in [7, 11) is 0. The second-order valence-corrected chi connectivity index (χ2v) is 22.5. The Morgan fingerprint density at radius 1 is 0.419 bits per heavy atom. The number of rotatable bonds is 2. The van der Waals surface area contributed by atoms with Gasteiger partial charge in [0.1, 0.15) is 0 Å². The number of thiophene rings is 1. The molecule has 3 nitrogen and oxygen atoms in total. The van der Waals surface area contributed by atoms with Gasteiger partial charge in [-0.25, -0.2) is 0 Å². The minimum atomic E-state index is 0.0412. The molecule has 8 aromatic rings. The molecule has 2 bridgehead atoms. The molecule has 0 saturated carbocycles. The van der Waals surface area contributed by atoms with Gasteiger partial charge in [-0.2, -0.15) is 0 Å². The second kappa shape index (κ2) is 13.9. The summed E-state index contributed by atoms with van der Waals surface area (Å²) >= 11 is 3.84. The molecule has 306 valence electrons. The largest absolute Gasteiger partial charge is 0.310 e. The number of anilines is 9. The van der Waals surface area contributed by atoms with Gasteiger partial charge in [-0.1, -0.05) is 147 Å². The number of benzene rings is 7. The predicted octanol–water partition coefficient (Wildman–Crippen LogP) is 14.8. The van der Waals surface area contributed by atoms with Crippen LogP contribution in [0.2, 0.25) is 0 Å². The predicted molar refractivity (Wildman–Crippen MR) is 271 cm³/mol. The van der Waals surface area contributed by atoms with E-state index in [0.29, 0.717) is 0 Å². The maximum absolute atomic E-state index is 2.58. The smallest absolute Gasteiger partial charge is 0.264 e. The van der Waals surface area contributed by atoms with Gasteiger partial charge < -0.3 is 14.7 Å². The summed E-state index contributed by atoms with van der Waals surface area (Å²) in [5, 5.41) is 1.31. The average Bonchev–Trinajstić information content (AvgIpc) is 3.62. The van der Waals surface area contributed by atoms with Crippen molar-refractivity contribution in [3.05, 3.63) is 168 Å². The number of hydrogen-bond donors (Lipinski definition) is 0. The SMILES string of the molecule is CC(C)(C)c1ccc(N2c3ccc4c(c3)N(c3ccccc3Sc3ccccc32)c2cccc3c2B4c2sc4cc(C(C)(C)C)ccc4c2N3c2ccc(C(C)(C)C)cc2)cc1. The quantitative estimate of drug-likeness (QED) is 0.160.